The van der Waals surface area contributed by atoms with Gasteiger partial charge in [0.15, 0.2) is 0 Å². The zero-order valence-corrected chi connectivity index (χ0v) is 19.8. The van der Waals surface area contributed by atoms with Gasteiger partial charge in [0.05, 0.1) is 10.6 Å². The first-order valence-corrected chi connectivity index (χ1v) is 12.5. The fourth-order valence-electron chi connectivity index (χ4n) is 4.07. The Morgan fingerprint density at radius 3 is 2.82 bits per heavy atom. The van der Waals surface area contributed by atoms with Gasteiger partial charge in [0.25, 0.3) is 5.91 Å². The number of rotatable bonds is 7. The van der Waals surface area contributed by atoms with E-state index in [2.05, 4.69) is 10.3 Å². The average Bonchev–Trinajstić information content (AvgIpc) is 3.24. The van der Waals surface area contributed by atoms with E-state index >= 15 is 0 Å². The number of amides is 2. The number of carbonyl (C=O) groups excluding carboxylic acids is 2. The van der Waals surface area contributed by atoms with Crippen LogP contribution in [0.4, 0.5) is 4.39 Å². The third kappa shape index (κ3) is 5.25. The maximum atomic E-state index is 13.5. The predicted octanol–water partition coefficient (Wildman–Crippen LogP) is 5.13. The van der Waals surface area contributed by atoms with Crippen molar-refractivity contribution in [1.82, 2.24) is 15.2 Å². The Hall–Kier alpha value is -2.77. The van der Waals surface area contributed by atoms with Gasteiger partial charge in [-0.25, -0.2) is 4.39 Å². The van der Waals surface area contributed by atoms with Gasteiger partial charge in [-0.1, -0.05) is 29.8 Å². The molecule has 1 aliphatic heterocycles. The molecule has 0 saturated heterocycles. The highest BCUT2D eigenvalue weighted by molar-refractivity contribution is 7.98. The van der Waals surface area contributed by atoms with E-state index in [4.69, 9.17) is 11.6 Å². The predicted molar refractivity (Wildman–Crippen MR) is 133 cm³/mol. The number of nitrogens with one attached hydrogen (secondary N) is 2. The molecule has 0 aliphatic carbocycles. The number of H-pyrrole nitrogens is 1. The summed E-state index contributed by atoms with van der Waals surface area (Å²) in [6, 6.07) is 10.9. The Balaban J connectivity index is 1.47. The zero-order chi connectivity index (χ0) is 23.4. The van der Waals surface area contributed by atoms with Crippen LogP contribution in [0.2, 0.25) is 5.02 Å². The average molecular weight is 486 g/mol. The molecule has 0 saturated carbocycles. The second kappa shape index (κ2) is 10.4. The molecule has 0 spiro atoms. The largest absolute Gasteiger partial charge is 0.360 e. The Morgan fingerprint density at radius 1 is 1.27 bits per heavy atom. The molecule has 2 aromatic carbocycles. The maximum Gasteiger partial charge on any atom is 0.253 e. The van der Waals surface area contributed by atoms with E-state index in [-0.39, 0.29) is 17.6 Å². The van der Waals surface area contributed by atoms with Gasteiger partial charge >= 0.3 is 0 Å². The van der Waals surface area contributed by atoms with Crippen molar-refractivity contribution in [1.29, 1.82) is 0 Å². The van der Waals surface area contributed by atoms with Crippen molar-refractivity contribution in [3.63, 3.8) is 0 Å². The minimum atomic E-state index is -0.618. The molecule has 0 radical (unpaired) electrons. The van der Waals surface area contributed by atoms with E-state index in [1.165, 1.54) is 12.1 Å². The molecule has 1 aliphatic rings. The van der Waals surface area contributed by atoms with E-state index in [0.29, 0.717) is 36.5 Å². The number of carbonyl (C=O) groups is 2. The van der Waals surface area contributed by atoms with Crippen molar-refractivity contribution in [2.75, 3.05) is 25.1 Å². The zero-order valence-electron chi connectivity index (χ0n) is 18.2. The first-order valence-electron chi connectivity index (χ1n) is 10.8. The summed E-state index contributed by atoms with van der Waals surface area (Å²) in [5, 5.41) is 4.21. The minimum Gasteiger partial charge on any atom is -0.360 e. The summed E-state index contributed by atoms with van der Waals surface area (Å²) in [5.74, 6) is 0.0283. The van der Waals surface area contributed by atoms with Crippen molar-refractivity contribution in [3.05, 3.63) is 76.7 Å². The van der Waals surface area contributed by atoms with Crippen LogP contribution in [0.5, 0.6) is 0 Å². The lowest BCUT2D eigenvalue weighted by molar-refractivity contribution is -0.132. The van der Waals surface area contributed by atoms with Crippen molar-refractivity contribution >= 4 is 51.7 Å². The van der Waals surface area contributed by atoms with Crippen molar-refractivity contribution in [2.45, 2.75) is 18.9 Å². The molecular formula is C25H25ClFN3O2S. The van der Waals surface area contributed by atoms with E-state index in [1.54, 1.807) is 47.0 Å². The lowest BCUT2D eigenvalue weighted by Gasteiger charge is -2.30. The highest BCUT2D eigenvalue weighted by Crippen LogP contribution is 2.30. The van der Waals surface area contributed by atoms with Gasteiger partial charge in [0.1, 0.15) is 11.9 Å². The van der Waals surface area contributed by atoms with Crippen molar-refractivity contribution in [2.24, 2.45) is 0 Å². The van der Waals surface area contributed by atoms with E-state index in [9.17, 15) is 14.0 Å². The summed E-state index contributed by atoms with van der Waals surface area (Å²) in [4.78, 5) is 31.0. The number of halogens is 2. The summed E-state index contributed by atoms with van der Waals surface area (Å²) < 4.78 is 13.5. The number of nitrogens with zero attached hydrogens (tertiary/aromatic N) is 1. The SMILES string of the molecule is CSCCC(NC(=O)c1ccccc1Cl)C(=O)N1CC=C(c2c[nH]c3cc(F)ccc23)CC1. The topological polar surface area (TPSA) is 65.2 Å². The van der Waals surface area contributed by atoms with Crippen LogP contribution in [0.25, 0.3) is 16.5 Å². The smallest absolute Gasteiger partial charge is 0.253 e. The molecule has 5 nitrogen and oxygen atoms in total. The fraction of sp³-hybridized carbons (Fsp3) is 0.280. The normalized spacial score (nSPS) is 14.8. The van der Waals surface area contributed by atoms with Crippen LogP contribution >= 0.6 is 23.4 Å². The van der Waals surface area contributed by atoms with Gasteiger partial charge in [0.2, 0.25) is 5.91 Å². The van der Waals surface area contributed by atoms with Gasteiger partial charge in [-0.15, -0.1) is 0 Å². The van der Waals surface area contributed by atoms with Gasteiger partial charge in [-0.2, -0.15) is 11.8 Å². The highest BCUT2D eigenvalue weighted by atomic mass is 35.5. The molecule has 1 aromatic heterocycles. The molecule has 2 N–H and O–H groups in total. The fourth-order valence-corrected chi connectivity index (χ4v) is 4.77. The van der Waals surface area contributed by atoms with E-state index < -0.39 is 6.04 Å². The Labute approximate surface area is 201 Å². The molecular weight excluding hydrogens is 461 g/mol. The number of aromatic nitrogens is 1. The van der Waals surface area contributed by atoms with Gasteiger partial charge in [0, 0.05) is 35.8 Å². The molecule has 8 heteroatoms. The molecule has 4 rings (SSSR count). The Kier molecular flexibility index (Phi) is 7.40. The second-order valence-electron chi connectivity index (χ2n) is 7.94. The molecule has 0 bridgehead atoms. The van der Waals surface area contributed by atoms with E-state index in [1.807, 2.05) is 18.5 Å². The number of thioether (sulfide) groups is 1. The number of fused-ring (bicyclic) bond motifs is 1. The van der Waals surface area contributed by atoms with Gasteiger partial charge in [-0.3, -0.25) is 9.59 Å². The molecule has 2 amide bonds. The molecule has 1 atom stereocenters. The maximum absolute atomic E-state index is 13.5. The number of aromatic amines is 1. The minimum absolute atomic E-state index is 0.0965. The quantitative estimate of drug-likeness (QED) is 0.487. The Bertz CT molecular complexity index is 1210. The van der Waals surface area contributed by atoms with Crippen molar-refractivity contribution in [3.8, 4) is 0 Å². The molecule has 2 heterocycles. The highest BCUT2D eigenvalue weighted by Gasteiger charge is 2.28. The number of benzene rings is 2. The van der Waals surface area contributed by atoms with Crippen molar-refractivity contribution < 1.29 is 14.0 Å². The van der Waals surface area contributed by atoms with Crippen LogP contribution in [0, 0.1) is 5.82 Å². The van der Waals surface area contributed by atoms with Crippen LogP contribution in [0.15, 0.2) is 54.7 Å². The summed E-state index contributed by atoms with van der Waals surface area (Å²) in [6.07, 6.45) is 7.12. The first-order chi connectivity index (χ1) is 16.0. The van der Waals surface area contributed by atoms with E-state index in [0.717, 1.165) is 27.8 Å². The summed E-state index contributed by atoms with van der Waals surface area (Å²) in [5.41, 5.74) is 3.27. The van der Waals surface area contributed by atoms with Crippen LogP contribution < -0.4 is 5.32 Å². The third-order valence-corrected chi connectivity index (χ3v) is 6.82. The number of hydrogen-bond acceptors (Lipinski definition) is 3. The van der Waals surface area contributed by atoms with Gasteiger partial charge < -0.3 is 15.2 Å². The second-order valence-corrected chi connectivity index (χ2v) is 9.34. The molecule has 172 valence electrons. The summed E-state index contributed by atoms with van der Waals surface area (Å²) in [7, 11) is 0. The third-order valence-electron chi connectivity index (χ3n) is 5.84. The number of hydrogen-bond donors (Lipinski definition) is 2. The van der Waals surface area contributed by atoms with Crippen LogP contribution in [0.3, 0.4) is 0 Å². The monoisotopic (exact) mass is 485 g/mol. The van der Waals surface area contributed by atoms with Crippen LogP contribution in [0.1, 0.15) is 28.8 Å². The van der Waals surface area contributed by atoms with Gasteiger partial charge in [-0.05, 0) is 60.8 Å². The standard InChI is InChI=1S/C25H25ClFN3O2S/c1-33-13-10-22(29-24(31)19-4-2-3-5-21(19)26)25(32)30-11-8-16(9-12-30)20-15-28-23-14-17(27)6-7-18(20)23/h2-8,14-15,22,28H,9-13H2,1H3,(H,29,31). The molecule has 0 fully saturated rings. The van der Waals surface area contributed by atoms with Crippen LogP contribution in [-0.4, -0.2) is 52.8 Å². The lowest BCUT2D eigenvalue weighted by atomic mass is 9.98. The molecule has 1 unspecified atom stereocenters. The summed E-state index contributed by atoms with van der Waals surface area (Å²) >= 11 is 7.79. The molecule has 33 heavy (non-hydrogen) atoms. The summed E-state index contributed by atoms with van der Waals surface area (Å²) in [6.45, 7) is 1.01. The Morgan fingerprint density at radius 2 is 2.09 bits per heavy atom. The van der Waals surface area contributed by atoms with Crippen LogP contribution in [-0.2, 0) is 4.79 Å². The lowest BCUT2D eigenvalue weighted by Crippen LogP contribution is -2.50. The molecule has 3 aromatic rings. The first kappa shape index (κ1) is 23.4.